The summed E-state index contributed by atoms with van der Waals surface area (Å²) in [6.45, 7) is 6.10. The van der Waals surface area contributed by atoms with Gasteiger partial charge in [-0.3, -0.25) is 4.79 Å². The highest BCUT2D eigenvalue weighted by Gasteiger charge is 2.24. The van der Waals surface area contributed by atoms with Gasteiger partial charge in [-0.25, -0.2) is 4.79 Å². The summed E-state index contributed by atoms with van der Waals surface area (Å²) in [6, 6.07) is 0.620. The summed E-state index contributed by atoms with van der Waals surface area (Å²) >= 11 is 5.81. The Kier molecular flexibility index (Phi) is 5.22. The van der Waals surface area contributed by atoms with E-state index in [-0.39, 0.29) is 5.41 Å². The van der Waals surface area contributed by atoms with Gasteiger partial charge in [0.2, 0.25) is 0 Å². The first kappa shape index (κ1) is 16.6. The molecule has 6 heteroatoms. The highest BCUT2D eigenvalue weighted by atomic mass is 35.5. The molecule has 0 spiro atoms. The van der Waals surface area contributed by atoms with E-state index in [2.05, 4.69) is 5.32 Å². The molecule has 0 fully saturated rings. The summed E-state index contributed by atoms with van der Waals surface area (Å²) in [7, 11) is 1.69. The topological polar surface area (TPSA) is 71.3 Å². The molecule has 0 saturated carbocycles. The molecule has 1 rings (SSSR count). The van der Waals surface area contributed by atoms with Crippen molar-refractivity contribution in [2.24, 2.45) is 12.5 Å². The second-order valence-electron chi connectivity index (χ2n) is 6.12. The summed E-state index contributed by atoms with van der Waals surface area (Å²) in [6.07, 6.45) is 2.70. The lowest BCUT2D eigenvalue weighted by Crippen LogP contribution is -2.41. The van der Waals surface area contributed by atoms with Gasteiger partial charge in [0.1, 0.15) is 11.7 Å². The second kappa shape index (κ2) is 6.31. The Morgan fingerprint density at radius 2 is 2.05 bits per heavy atom. The normalized spacial score (nSPS) is 13.1. The van der Waals surface area contributed by atoms with Crippen LogP contribution in [0.25, 0.3) is 0 Å². The first-order valence-corrected chi connectivity index (χ1v) is 6.83. The van der Waals surface area contributed by atoms with Gasteiger partial charge >= 0.3 is 5.97 Å². The maximum atomic E-state index is 12.1. The largest absolute Gasteiger partial charge is 0.480 e. The third-order valence-electron chi connectivity index (χ3n) is 2.99. The van der Waals surface area contributed by atoms with Gasteiger partial charge in [0.25, 0.3) is 5.91 Å². The van der Waals surface area contributed by atoms with Crippen LogP contribution in [0.5, 0.6) is 0 Å². The SMILES string of the molecule is Cn1cc(Cl)cc1C(=O)NC(CCC(C)(C)C)C(=O)O. The minimum Gasteiger partial charge on any atom is -0.480 e. The predicted octanol–water partition coefficient (Wildman–Crippen LogP) is 2.69. The molecule has 0 bridgehead atoms. The van der Waals surface area contributed by atoms with Crippen molar-refractivity contribution in [1.29, 1.82) is 0 Å². The van der Waals surface area contributed by atoms with Crippen molar-refractivity contribution in [3.05, 3.63) is 23.0 Å². The molecular formula is C14H21ClN2O3. The quantitative estimate of drug-likeness (QED) is 0.878. The van der Waals surface area contributed by atoms with Crippen LogP contribution in [-0.2, 0) is 11.8 Å². The number of nitrogens with one attached hydrogen (secondary N) is 1. The molecule has 1 unspecified atom stereocenters. The molecule has 0 radical (unpaired) electrons. The van der Waals surface area contributed by atoms with Crippen molar-refractivity contribution in [2.75, 3.05) is 0 Å². The van der Waals surface area contributed by atoms with E-state index < -0.39 is 17.9 Å². The van der Waals surface area contributed by atoms with Crippen LogP contribution in [0.2, 0.25) is 5.02 Å². The zero-order chi connectivity index (χ0) is 15.5. The van der Waals surface area contributed by atoms with Gasteiger partial charge in [0.15, 0.2) is 0 Å². The van der Waals surface area contributed by atoms with Gasteiger partial charge in [-0.2, -0.15) is 0 Å². The van der Waals surface area contributed by atoms with Crippen molar-refractivity contribution in [2.45, 2.75) is 39.7 Å². The number of carbonyl (C=O) groups is 2. The fourth-order valence-electron chi connectivity index (χ4n) is 1.82. The zero-order valence-electron chi connectivity index (χ0n) is 12.2. The number of carbonyl (C=O) groups excluding carboxylic acids is 1. The molecule has 0 aromatic carbocycles. The smallest absolute Gasteiger partial charge is 0.326 e. The van der Waals surface area contributed by atoms with E-state index in [1.807, 2.05) is 20.8 Å². The Labute approximate surface area is 123 Å². The molecule has 0 saturated heterocycles. The Morgan fingerprint density at radius 1 is 1.45 bits per heavy atom. The van der Waals surface area contributed by atoms with Crippen LogP contribution < -0.4 is 5.32 Å². The third-order valence-corrected chi connectivity index (χ3v) is 3.20. The van der Waals surface area contributed by atoms with E-state index in [9.17, 15) is 14.7 Å². The number of aromatic nitrogens is 1. The molecular weight excluding hydrogens is 280 g/mol. The zero-order valence-corrected chi connectivity index (χ0v) is 13.0. The molecule has 1 heterocycles. The average Bonchev–Trinajstić information content (AvgIpc) is 2.61. The first-order valence-electron chi connectivity index (χ1n) is 6.46. The van der Waals surface area contributed by atoms with E-state index >= 15 is 0 Å². The van der Waals surface area contributed by atoms with Crippen molar-refractivity contribution >= 4 is 23.5 Å². The number of carboxylic acid groups (broad SMARTS) is 1. The average molecular weight is 301 g/mol. The summed E-state index contributed by atoms with van der Waals surface area (Å²) in [5, 5.41) is 12.2. The molecule has 0 aliphatic carbocycles. The van der Waals surface area contributed by atoms with Crippen LogP contribution in [-0.4, -0.2) is 27.6 Å². The number of amides is 1. The summed E-state index contributed by atoms with van der Waals surface area (Å²) in [4.78, 5) is 23.3. The molecule has 1 aromatic heterocycles. The molecule has 0 aliphatic heterocycles. The summed E-state index contributed by atoms with van der Waals surface area (Å²) < 4.78 is 1.57. The fourth-order valence-corrected chi connectivity index (χ4v) is 2.07. The molecule has 0 aliphatic rings. The van der Waals surface area contributed by atoms with E-state index in [1.165, 1.54) is 6.07 Å². The van der Waals surface area contributed by atoms with Crippen LogP contribution >= 0.6 is 11.6 Å². The monoisotopic (exact) mass is 300 g/mol. The van der Waals surface area contributed by atoms with E-state index in [0.29, 0.717) is 23.6 Å². The van der Waals surface area contributed by atoms with Crippen LogP contribution in [0.4, 0.5) is 0 Å². The molecule has 20 heavy (non-hydrogen) atoms. The second-order valence-corrected chi connectivity index (χ2v) is 6.55. The minimum atomic E-state index is -1.03. The Balaban J connectivity index is 2.73. The predicted molar refractivity (Wildman–Crippen MR) is 78.0 cm³/mol. The molecule has 1 amide bonds. The van der Waals surface area contributed by atoms with Gasteiger partial charge in [-0.15, -0.1) is 0 Å². The van der Waals surface area contributed by atoms with Gasteiger partial charge in [-0.05, 0) is 24.3 Å². The van der Waals surface area contributed by atoms with E-state index in [0.717, 1.165) is 0 Å². The summed E-state index contributed by atoms with van der Waals surface area (Å²) in [5.41, 5.74) is 0.365. The Morgan fingerprint density at radius 3 is 2.45 bits per heavy atom. The Bertz CT molecular complexity index is 503. The van der Waals surface area contributed by atoms with Crippen LogP contribution in [0.1, 0.15) is 44.1 Å². The standard InChI is InChI=1S/C14H21ClN2O3/c1-14(2,3)6-5-10(13(19)20)16-12(18)11-7-9(15)8-17(11)4/h7-8,10H,5-6H2,1-4H3,(H,16,18)(H,19,20). The lowest BCUT2D eigenvalue weighted by Gasteiger charge is -2.21. The van der Waals surface area contributed by atoms with Crippen LogP contribution in [0, 0.1) is 5.41 Å². The number of nitrogens with zero attached hydrogens (tertiary/aromatic N) is 1. The lowest BCUT2D eigenvalue weighted by atomic mass is 9.88. The maximum absolute atomic E-state index is 12.1. The van der Waals surface area contributed by atoms with Gasteiger partial charge < -0.3 is 15.0 Å². The molecule has 1 aromatic rings. The highest BCUT2D eigenvalue weighted by molar-refractivity contribution is 6.31. The molecule has 2 N–H and O–H groups in total. The van der Waals surface area contributed by atoms with E-state index in [1.54, 1.807) is 17.8 Å². The number of aliphatic carboxylic acids is 1. The van der Waals surface area contributed by atoms with Crippen molar-refractivity contribution in [3.63, 3.8) is 0 Å². The number of aryl methyl sites for hydroxylation is 1. The Hall–Kier alpha value is -1.49. The maximum Gasteiger partial charge on any atom is 0.326 e. The first-order chi connectivity index (χ1) is 9.10. The number of carboxylic acids is 1. The van der Waals surface area contributed by atoms with Crippen molar-refractivity contribution < 1.29 is 14.7 Å². The van der Waals surface area contributed by atoms with E-state index in [4.69, 9.17) is 11.6 Å². The molecule has 1 atom stereocenters. The number of rotatable bonds is 5. The molecule has 112 valence electrons. The van der Waals surface area contributed by atoms with Crippen LogP contribution in [0.3, 0.4) is 0 Å². The van der Waals surface area contributed by atoms with Crippen molar-refractivity contribution in [1.82, 2.24) is 9.88 Å². The van der Waals surface area contributed by atoms with Gasteiger partial charge in [-0.1, -0.05) is 32.4 Å². The lowest BCUT2D eigenvalue weighted by molar-refractivity contribution is -0.139. The van der Waals surface area contributed by atoms with Gasteiger partial charge in [0.05, 0.1) is 5.02 Å². The number of hydrogen-bond donors (Lipinski definition) is 2. The number of halogens is 1. The van der Waals surface area contributed by atoms with Crippen molar-refractivity contribution in [3.8, 4) is 0 Å². The fraction of sp³-hybridized carbons (Fsp3) is 0.571. The highest BCUT2D eigenvalue weighted by Crippen LogP contribution is 2.22. The summed E-state index contributed by atoms with van der Waals surface area (Å²) in [5.74, 6) is -1.45. The van der Waals surface area contributed by atoms with Gasteiger partial charge in [0, 0.05) is 13.2 Å². The number of hydrogen-bond acceptors (Lipinski definition) is 2. The van der Waals surface area contributed by atoms with Crippen LogP contribution in [0.15, 0.2) is 12.3 Å². The third kappa shape index (κ3) is 4.89. The molecule has 5 nitrogen and oxygen atoms in total. The minimum absolute atomic E-state index is 0.0205.